The van der Waals surface area contributed by atoms with Gasteiger partial charge in [0.05, 0.1) is 12.5 Å². The molecule has 0 amide bonds. The van der Waals surface area contributed by atoms with Crippen LogP contribution >= 0.6 is 0 Å². The van der Waals surface area contributed by atoms with E-state index in [0.717, 1.165) is 29.8 Å². The number of ether oxygens (including phenoxy) is 1. The second kappa shape index (κ2) is 4.85. The van der Waals surface area contributed by atoms with Crippen LogP contribution in [0.15, 0.2) is 18.2 Å². The minimum absolute atomic E-state index is 0.253. The molecular weight excluding hydrogens is 254 g/mol. The molecule has 0 aliphatic heterocycles. The Morgan fingerprint density at radius 2 is 2.30 bits per heavy atom. The summed E-state index contributed by atoms with van der Waals surface area (Å²) in [5.74, 6) is -0.0541. The second-order valence-corrected chi connectivity index (χ2v) is 5.37. The number of carboxylic acid groups (broad SMARTS) is 1. The number of rotatable bonds is 3. The normalized spacial score (nSPS) is 18.0. The van der Waals surface area contributed by atoms with Crippen LogP contribution in [0.4, 0.5) is 0 Å². The van der Waals surface area contributed by atoms with Crippen molar-refractivity contribution in [2.45, 2.75) is 26.2 Å². The van der Waals surface area contributed by atoms with Crippen molar-refractivity contribution in [3.8, 4) is 5.75 Å². The summed E-state index contributed by atoms with van der Waals surface area (Å²) in [7, 11) is 2.02. The lowest BCUT2D eigenvalue weighted by atomic mass is 9.87. The highest BCUT2D eigenvalue weighted by atomic mass is 16.5. The zero-order valence-electron chi connectivity index (χ0n) is 11.8. The van der Waals surface area contributed by atoms with Crippen LogP contribution in [-0.2, 0) is 24.7 Å². The van der Waals surface area contributed by atoms with E-state index < -0.39 is 5.97 Å². The molecule has 1 aromatic heterocycles. The summed E-state index contributed by atoms with van der Waals surface area (Å²) in [5.41, 5.74) is 3.61. The third-order valence-corrected chi connectivity index (χ3v) is 4.25. The molecule has 4 nitrogen and oxygen atoms in total. The Bertz CT molecular complexity index is 672. The van der Waals surface area contributed by atoms with Gasteiger partial charge in [0.15, 0.2) is 0 Å². The van der Waals surface area contributed by atoms with Crippen molar-refractivity contribution in [3.05, 3.63) is 29.5 Å². The van der Waals surface area contributed by atoms with E-state index in [2.05, 4.69) is 16.7 Å². The third-order valence-electron chi connectivity index (χ3n) is 4.25. The van der Waals surface area contributed by atoms with Crippen LogP contribution in [0, 0.1) is 5.92 Å². The molecule has 0 radical (unpaired) electrons. The van der Waals surface area contributed by atoms with Gasteiger partial charge in [-0.1, -0.05) is 0 Å². The summed E-state index contributed by atoms with van der Waals surface area (Å²) in [4.78, 5) is 11.2. The molecule has 2 aromatic rings. The van der Waals surface area contributed by atoms with Gasteiger partial charge in [-0.05, 0) is 43.5 Å². The Hall–Kier alpha value is -1.97. The molecule has 1 aliphatic rings. The highest BCUT2D eigenvalue weighted by Crippen LogP contribution is 2.35. The quantitative estimate of drug-likeness (QED) is 0.935. The van der Waals surface area contributed by atoms with E-state index in [0.29, 0.717) is 13.0 Å². The number of carboxylic acids is 1. The molecule has 1 N–H and O–H groups in total. The highest BCUT2D eigenvalue weighted by molar-refractivity contribution is 5.87. The maximum Gasteiger partial charge on any atom is 0.306 e. The molecule has 1 aromatic carbocycles. The van der Waals surface area contributed by atoms with Crippen LogP contribution in [-0.4, -0.2) is 22.2 Å². The van der Waals surface area contributed by atoms with Crippen molar-refractivity contribution in [1.29, 1.82) is 0 Å². The highest BCUT2D eigenvalue weighted by Gasteiger charge is 2.28. The molecule has 3 rings (SSSR count). The molecule has 106 valence electrons. The molecule has 4 heteroatoms. The van der Waals surface area contributed by atoms with E-state index in [1.165, 1.54) is 10.9 Å². The SMILES string of the molecule is CCOc1ccc2c(c1)c1c(n2C)CC(C(=O)O)CC1. The van der Waals surface area contributed by atoms with Crippen molar-refractivity contribution in [1.82, 2.24) is 4.57 Å². The molecule has 0 fully saturated rings. The Balaban J connectivity index is 2.10. The van der Waals surface area contributed by atoms with Gasteiger partial charge in [-0.15, -0.1) is 0 Å². The number of aromatic nitrogens is 1. The van der Waals surface area contributed by atoms with Crippen LogP contribution in [0.5, 0.6) is 5.75 Å². The minimum Gasteiger partial charge on any atom is -0.494 e. The standard InChI is InChI=1S/C16H19NO3/c1-3-20-11-5-7-14-13(9-11)12-6-4-10(16(18)19)8-15(12)17(14)2/h5,7,9-10H,3-4,6,8H2,1-2H3,(H,18,19). The van der Waals surface area contributed by atoms with Gasteiger partial charge < -0.3 is 14.4 Å². The van der Waals surface area contributed by atoms with Crippen LogP contribution in [0.25, 0.3) is 10.9 Å². The Morgan fingerprint density at radius 1 is 1.50 bits per heavy atom. The fourth-order valence-corrected chi connectivity index (χ4v) is 3.21. The number of aliphatic carboxylic acids is 1. The van der Waals surface area contributed by atoms with Gasteiger partial charge in [0, 0.05) is 30.1 Å². The predicted molar refractivity (Wildman–Crippen MR) is 77.2 cm³/mol. The Labute approximate surface area is 118 Å². The fourth-order valence-electron chi connectivity index (χ4n) is 3.21. The maximum absolute atomic E-state index is 11.2. The average molecular weight is 273 g/mol. The van der Waals surface area contributed by atoms with Crippen molar-refractivity contribution >= 4 is 16.9 Å². The minimum atomic E-state index is -0.684. The van der Waals surface area contributed by atoms with Crippen LogP contribution in [0.2, 0.25) is 0 Å². The van der Waals surface area contributed by atoms with E-state index in [-0.39, 0.29) is 5.92 Å². The van der Waals surface area contributed by atoms with Crippen molar-refractivity contribution < 1.29 is 14.6 Å². The molecular formula is C16H19NO3. The second-order valence-electron chi connectivity index (χ2n) is 5.37. The van der Waals surface area contributed by atoms with Crippen molar-refractivity contribution in [2.75, 3.05) is 6.61 Å². The van der Waals surface area contributed by atoms with Crippen molar-refractivity contribution in [2.24, 2.45) is 13.0 Å². The lowest BCUT2D eigenvalue weighted by Crippen LogP contribution is -2.23. The maximum atomic E-state index is 11.2. The summed E-state index contributed by atoms with van der Waals surface area (Å²) < 4.78 is 7.70. The molecule has 0 saturated heterocycles. The van der Waals surface area contributed by atoms with E-state index in [9.17, 15) is 9.90 Å². The summed E-state index contributed by atoms with van der Waals surface area (Å²) in [6.45, 7) is 2.63. The Morgan fingerprint density at radius 3 is 3.00 bits per heavy atom. The molecule has 1 heterocycles. The number of carbonyl (C=O) groups is 1. The molecule has 0 saturated carbocycles. The molecule has 0 bridgehead atoms. The lowest BCUT2D eigenvalue weighted by Gasteiger charge is -2.20. The first-order valence-corrected chi connectivity index (χ1v) is 7.07. The summed E-state index contributed by atoms with van der Waals surface area (Å²) in [5, 5.41) is 10.4. The first-order valence-electron chi connectivity index (χ1n) is 7.07. The largest absolute Gasteiger partial charge is 0.494 e. The van der Waals surface area contributed by atoms with Gasteiger partial charge in [-0.2, -0.15) is 0 Å². The molecule has 1 atom stereocenters. The fraction of sp³-hybridized carbons (Fsp3) is 0.438. The summed E-state index contributed by atoms with van der Waals surface area (Å²) >= 11 is 0. The van der Waals surface area contributed by atoms with E-state index >= 15 is 0 Å². The molecule has 1 unspecified atom stereocenters. The first-order chi connectivity index (χ1) is 9.61. The number of hydrogen-bond acceptors (Lipinski definition) is 2. The lowest BCUT2D eigenvalue weighted by molar-refractivity contribution is -0.142. The number of aryl methyl sites for hydroxylation is 2. The summed E-state index contributed by atoms with van der Waals surface area (Å²) in [6.07, 6.45) is 2.18. The number of fused-ring (bicyclic) bond motifs is 3. The van der Waals surface area contributed by atoms with E-state index in [1.54, 1.807) is 0 Å². The van der Waals surface area contributed by atoms with Crippen LogP contribution in [0.1, 0.15) is 24.6 Å². The van der Waals surface area contributed by atoms with Gasteiger partial charge in [0.25, 0.3) is 0 Å². The zero-order valence-corrected chi connectivity index (χ0v) is 11.8. The number of hydrogen-bond donors (Lipinski definition) is 1. The number of benzene rings is 1. The third kappa shape index (κ3) is 1.96. The molecule has 0 spiro atoms. The van der Waals surface area contributed by atoms with E-state index in [1.807, 2.05) is 20.0 Å². The topological polar surface area (TPSA) is 51.5 Å². The van der Waals surface area contributed by atoms with Crippen LogP contribution in [0.3, 0.4) is 0 Å². The monoisotopic (exact) mass is 273 g/mol. The van der Waals surface area contributed by atoms with Gasteiger partial charge in [0.1, 0.15) is 5.75 Å². The van der Waals surface area contributed by atoms with Crippen LogP contribution < -0.4 is 4.74 Å². The molecule has 1 aliphatic carbocycles. The van der Waals surface area contributed by atoms with Gasteiger partial charge in [-0.25, -0.2) is 0 Å². The van der Waals surface area contributed by atoms with Crippen molar-refractivity contribution in [3.63, 3.8) is 0 Å². The van der Waals surface area contributed by atoms with E-state index in [4.69, 9.17) is 4.74 Å². The van der Waals surface area contributed by atoms with Gasteiger partial charge in [0.2, 0.25) is 0 Å². The molecule has 20 heavy (non-hydrogen) atoms. The summed E-state index contributed by atoms with van der Waals surface area (Å²) in [6, 6.07) is 6.12. The smallest absolute Gasteiger partial charge is 0.306 e. The zero-order chi connectivity index (χ0) is 14.3. The van der Waals surface area contributed by atoms with Gasteiger partial charge in [-0.3, -0.25) is 4.79 Å². The predicted octanol–water partition coefficient (Wildman–Crippen LogP) is 2.77. The average Bonchev–Trinajstić information content (AvgIpc) is 2.72. The Kier molecular flexibility index (Phi) is 3.16. The van der Waals surface area contributed by atoms with Gasteiger partial charge >= 0.3 is 5.97 Å². The number of nitrogens with zero attached hydrogens (tertiary/aromatic N) is 1. The first kappa shape index (κ1) is 13.0.